The van der Waals surface area contributed by atoms with Crippen LogP contribution in [0.1, 0.15) is 92.5 Å². The zero-order valence-corrected chi connectivity index (χ0v) is 40.5. The fraction of sp³-hybridized carbons (Fsp3) is 0.491. The number of carbonyl (C=O) groups is 5. The number of hydrogen-bond donors (Lipinski definition) is 10. The van der Waals surface area contributed by atoms with E-state index in [4.69, 9.17) is 20.9 Å². The number of amides is 5. The molecular formula is C53H72N6O11. The Kier molecular flexibility index (Phi) is 21.6. The van der Waals surface area contributed by atoms with Gasteiger partial charge in [0.2, 0.25) is 23.6 Å². The lowest BCUT2D eigenvalue weighted by atomic mass is 9.95. The Balaban J connectivity index is 1.30. The number of ether oxygens (including phenoxy) is 2. The Morgan fingerprint density at radius 2 is 1.31 bits per heavy atom. The second-order valence-electron chi connectivity index (χ2n) is 18.3. The monoisotopic (exact) mass is 969 g/mol. The molecule has 0 unspecified atom stereocenters. The molecule has 1 fully saturated rings. The van der Waals surface area contributed by atoms with Crippen LogP contribution in [0.2, 0.25) is 0 Å². The Labute approximate surface area is 410 Å². The van der Waals surface area contributed by atoms with E-state index in [0.717, 1.165) is 70.7 Å². The van der Waals surface area contributed by atoms with Gasteiger partial charge in [-0.2, -0.15) is 0 Å². The number of nitrogens with two attached hydrogens (primary N) is 2. The van der Waals surface area contributed by atoms with Gasteiger partial charge in [-0.1, -0.05) is 112 Å². The quantitative estimate of drug-likeness (QED) is 0.0387. The number of aliphatic hydroxyl groups excluding tert-OH is 3. The van der Waals surface area contributed by atoms with Crippen LogP contribution in [-0.4, -0.2) is 118 Å². The Bertz CT molecular complexity index is 2320. The van der Waals surface area contributed by atoms with Gasteiger partial charge < -0.3 is 62.6 Å². The van der Waals surface area contributed by atoms with Crippen molar-refractivity contribution in [2.45, 2.75) is 153 Å². The maximum absolute atomic E-state index is 14.5. The first-order valence-electron chi connectivity index (χ1n) is 24.4. The molecule has 1 aliphatic rings. The summed E-state index contributed by atoms with van der Waals surface area (Å²) in [5, 5.41) is 54.7. The topological polar surface area (TPSA) is 285 Å². The molecule has 0 saturated carbocycles. The number of benzene rings is 4. The number of aliphatic hydroxyl groups is 3. The van der Waals surface area contributed by atoms with Gasteiger partial charge in [0.25, 0.3) is 5.91 Å². The first-order chi connectivity index (χ1) is 33.6. The third-order valence-corrected chi connectivity index (χ3v) is 12.8. The number of rotatable bonds is 27. The molecule has 1 heterocycles. The van der Waals surface area contributed by atoms with E-state index < -0.39 is 84.4 Å². The molecule has 17 nitrogen and oxygen atoms in total. The van der Waals surface area contributed by atoms with Crippen molar-refractivity contribution in [3.63, 3.8) is 0 Å². The van der Waals surface area contributed by atoms with Gasteiger partial charge in [-0.25, -0.2) is 0 Å². The molecule has 0 spiro atoms. The number of hydrogen-bond acceptors (Lipinski definition) is 12. The summed E-state index contributed by atoms with van der Waals surface area (Å²) < 4.78 is 11.3. The summed E-state index contributed by atoms with van der Waals surface area (Å²) in [6.45, 7) is 5.99. The molecule has 380 valence electrons. The second kappa shape index (κ2) is 27.4. The number of fused-ring (bicyclic) bond motifs is 1. The molecule has 5 rings (SSSR count). The highest BCUT2D eigenvalue weighted by molar-refractivity contribution is 5.95. The zero-order chi connectivity index (χ0) is 50.7. The lowest BCUT2D eigenvalue weighted by molar-refractivity contribution is -0.290. The largest absolute Gasteiger partial charge is 0.508 e. The van der Waals surface area contributed by atoms with Crippen molar-refractivity contribution >= 4 is 40.3 Å². The molecule has 4 aromatic rings. The number of primary amides is 1. The van der Waals surface area contributed by atoms with Crippen molar-refractivity contribution in [1.29, 1.82) is 0 Å². The highest BCUT2D eigenvalue weighted by atomic mass is 16.7. The number of carbonyl (C=O) groups excluding carboxylic acids is 5. The number of unbranched alkanes of at least 4 members (excludes halogenated alkanes) is 6. The predicted molar refractivity (Wildman–Crippen MR) is 265 cm³/mol. The van der Waals surface area contributed by atoms with Crippen LogP contribution < -0.4 is 32.7 Å². The van der Waals surface area contributed by atoms with Gasteiger partial charge in [-0.15, -0.1) is 0 Å². The minimum Gasteiger partial charge on any atom is -0.508 e. The van der Waals surface area contributed by atoms with E-state index in [-0.39, 0.29) is 57.4 Å². The first-order valence-corrected chi connectivity index (χ1v) is 24.4. The molecule has 0 aromatic heterocycles. The molecule has 70 heavy (non-hydrogen) atoms. The molecule has 9 atom stereocenters. The molecule has 0 aliphatic carbocycles. The maximum atomic E-state index is 14.5. The van der Waals surface area contributed by atoms with Gasteiger partial charge in [0.1, 0.15) is 42.2 Å². The van der Waals surface area contributed by atoms with Crippen LogP contribution in [0.4, 0.5) is 0 Å². The van der Waals surface area contributed by atoms with Gasteiger partial charge in [-0.3, -0.25) is 24.0 Å². The van der Waals surface area contributed by atoms with E-state index in [1.807, 2.05) is 48.5 Å². The van der Waals surface area contributed by atoms with Crippen LogP contribution in [0.5, 0.6) is 5.75 Å². The molecule has 4 aromatic carbocycles. The summed E-state index contributed by atoms with van der Waals surface area (Å²) in [6, 6.07) is 20.6. The summed E-state index contributed by atoms with van der Waals surface area (Å²) >= 11 is 0. The lowest BCUT2D eigenvalue weighted by Crippen LogP contribution is -2.62. The van der Waals surface area contributed by atoms with E-state index in [2.05, 4.69) is 28.2 Å². The van der Waals surface area contributed by atoms with Crippen LogP contribution in [0.25, 0.3) is 10.8 Å². The summed E-state index contributed by atoms with van der Waals surface area (Å²) in [5.41, 5.74) is 16.0. The van der Waals surface area contributed by atoms with Gasteiger partial charge in [0.15, 0.2) is 12.4 Å². The van der Waals surface area contributed by atoms with E-state index in [9.17, 15) is 44.4 Å². The van der Waals surface area contributed by atoms with Crippen molar-refractivity contribution in [2.75, 3.05) is 13.2 Å². The van der Waals surface area contributed by atoms with Crippen LogP contribution >= 0.6 is 0 Å². The fourth-order valence-corrected chi connectivity index (χ4v) is 8.74. The highest BCUT2D eigenvalue weighted by Gasteiger charge is 2.47. The number of aromatic hydroxyl groups is 1. The minimum absolute atomic E-state index is 0.00707. The van der Waals surface area contributed by atoms with E-state index >= 15 is 0 Å². The molecule has 12 N–H and O–H groups in total. The number of aryl methyl sites for hydroxylation is 2. The van der Waals surface area contributed by atoms with Gasteiger partial charge in [0, 0.05) is 26.0 Å². The van der Waals surface area contributed by atoms with Crippen molar-refractivity contribution < 1.29 is 53.9 Å². The molecule has 17 heteroatoms. The Morgan fingerprint density at radius 1 is 0.686 bits per heavy atom. The van der Waals surface area contributed by atoms with E-state index in [0.29, 0.717) is 6.42 Å². The first kappa shape index (κ1) is 55.0. The van der Waals surface area contributed by atoms with E-state index in [1.165, 1.54) is 0 Å². The van der Waals surface area contributed by atoms with E-state index in [1.54, 1.807) is 50.2 Å². The third kappa shape index (κ3) is 16.0. The molecule has 0 radical (unpaired) electrons. The summed E-state index contributed by atoms with van der Waals surface area (Å²) in [7, 11) is 0. The van der Waals surface area contributed by atoms with Crippen LogP contribution in [-0.2, 0) is 52.7 Å². The smallest absolute Gasteiger partial charge is 0.252 e. The Morgan fingerprint density at radius 3 is 2.03 bits per heavy atom. The summed E-state index contributed by atoms with van der Waals surface area (Å²) in [6.07, 6.45) is -1.14. The van der Waals surface area contributed by atoms with Gasteiger partial charge in [-0.05, 0) is 96.7 Å². The minimum atomic E-state index is -1.74. The SMILES string of the molecule is CCCCCCCCO[C@@H]1O[C@H](C(=O)NCCCC[C@@H](NC(=O)[C@@H](N)Cc2c(C)cc(O)cc2C)C(=O)N[C@@H](Cc2cccc3ccccc23)C(=O)N[C@@H](Cc2ccccc2)C(N)=O)[C@@H](O)[C@H](O)[C@H]1O. The van der Waals surface area contributed by atoms with Crippen LogP contribution in [0.15, 0.2) is 84.9 Å². The third-order valence-electron chi connectivity index (χ3n) is 12.8. The normalized spacial score (nSPS) is 19.6. The van der Waals surface area contributed by atoms with Crippen LogP contribution in [0.3, 0.4) is 0 Å². The average molecular weight is 969 g/mol. The molecule has 0 bridgehead atoms. The maximum Gasteiger partial charge on any atom is 0.252 e. The van der Waals surface area contributed by atoms with Crippen molar-refractivity contribution in [3.05, 3.63) is 113 Å². The molecular weight excluding hydrogens is 897 g/mol. The number of phenolic OH excluding ortho intramolecular Hbond substituents is 1. The fourth-order valence-electron chi connectivity index (χ4n) is 8.74. The van der Waals surface area contributed by atoms with Crippen molar-refractivity contribution in [2.24, 2.45) is 11.5 Å². The molecule has 5 amide bonds. The van der Waals surface area contributed by atoms with Crippen LogP contribution in [0, 0.1) is 13.8 Å². The average Bonchev–Trinajstić information content (AvgIpc) is 3.33. The molecule has 1 saturated heterocycles. The lowest BCUT2D eigenvalue weighted by Gasteiger charge is -2.39. The van der Waals surface area contributed by atoms with Gasteiger partial charge in [0.05, 0.1) is 6.04 Å². The number of nitrogens with one attached hydrogen (secondary N) is 4. The van der Waals surface area contributed by atoms with Crippen molar-refractivity contribution in [3.8, 4) is 5.75 Å². The Hall–Kier alpha value is -5.95. The predicted octanol–water partition coefficient (Wildman–Crippen LogP) is 2.93. The summed E-state index contributed by atoms with van der Waals surface area (Å²) in [5.74, 6) is -3.48. The zero-order valence-electron chi connectivity index (χ0n) is 40.5. The highest BCUT2D eigenvalue weighted by Crippen LogP contribution is 2.25. The van der Waals surface area contributed by atoms with Crippen molar-refractivity contribution in [1.82, 2.24) is 21.3 Å². The number of phenols is 1. The second-order valence-corrected chi connectivity index (χ2v) is 18.3. The van der Waals surface area contributed by atoms with Gasteiger partial charge >= 0.3 is 0 Å². The standard InChI is InChI=1S/C53H72N6O11/c1-4-5-6-7-8-16-26-69-53-46(63)44(61)45(62)47(70-53)52(68)56-25-15-14-24-41(57-49(65)40(54)31-39-32(2)27-37(60)28-33(39)3)50(66)59-43(30-36-22-17-21-35-20-12-13-23-38(35)36)51(67)58-42(48(55)64)29-34-18-10-9-11-19-34/h9-13,17-23,27-28,40-47,53,60-63H,4-8,14-16,24-26,29-31,54H2,1-3H3,(H2,55,64)(H,56,68)(H,57,65)(H,58,67)(H,59,66)/t40-,41+,42-,43-,44-,45-,46+,47-,53+/m0/s1. The summed E-state index contributed by atoms with van der Waals surface area (Å²) in [4.78, 5) is 68.7. The molecule has 1 aliphatic heterocycles.